The fourth-order valence-electron chi connectivity index (χ4n) is 2.76. The van der Waals surface area contributed by atoms with E-state index in [-0.39, 0.29) is 0 Å². The van der Waals surface area contributed by atoms with E-state index in [0.717, 1.165) is 34.5 Å². The number of oxime groups is 2. The maximum atomic E-state index is 5.65. The van der Waals surface area contributed by atoms with Crippen LogP contribution in [0.25, 0.3) is 0 Å². The Balaban J connectivity index is 1.67. The maximum absolute atomic E-state index is 5.65. The van der Waals surface area contributed by atoms with Crippen LogP contribution in [0.3, 0.4) is 0 Å². The lowest BCUT2D eigenvalue weighted by molar-refractivity contribution is 0.128. The first kappa shape index (κ1) is 20.3. The van der Waals surface area contributed by atoms with Gasteiger partial charge in [0.1, 0.15) is 13.2 Å². The molecule has 0 saturated carbocycles. The molecular formula is C25H26N2O2. The average molecular weight is 386 g/mol. The molecule has 0 unspecified atom stereocenters. The summed E-state index contributed by atoms with van der Waals surface area (Å²) in [7, 11) is 0. The molecule has 0 fully saturated rings. The third-order valence-corrected chi connectivity index (χ3v) is 4.40. The quantitative estimate of drug-likeness (QED) is 0.318. The molecule has 4 heteroatoms. The summed E-state index contributed by atoms with van der Waals surface area (Å²) in [6, 6.07) is 30.1. The lowest BCUT2D eigenvalue weighted by Crippen LogP contribution is -2.10. The number of benzene rings is 3. The first-order valence-corrected chi connectivity index (χ1v) is 9.85. The van der Waals surface area contributed by atoms with Crippen molar-refractivity contribution in [3.05, 3.63) is 108 Å². The van der Waals surface area contributed by atoms with Crippen molar-refractivity contribution in [3.63, 3.8) is 0 Å². The summed E-state index contributed by atoms with van der Waals surface area (Å²) in [5, 5.41) is 8.77. The Kier molecular flexibility index (Phi) is 8.03. The predicted octanol–water partition coefficient (Wildman–Crippen LogP) is 5.98. The molecule has 0 aliphatic rings. The summed E-state index contributed by atoms with van der Waals surface area (Å²) >= 11 is 0. The predicted molar refractivity (Wildman–Crippen MR) is 118 cm³/mol. The first-order valence-electron chi connectivity index (χ1n) is 9.85. The van der Waals surface area contributed by atoms with Gasteiger partial charge in [0.05, 0.1) is 11.4 Å². The van der Waals surface area contributed by atoms with Crippen LogP contribution in [0.4, 0.5) is 0 Å². The van der Waals surface area contributed by atoms with E-state index in [1.54, 1.807) is 0 Å². The van der Waals surface area contributed by atoms with Gasteiger partial charge in [0.15, 0.2) is 0 Å². The second-order valence-electron chi connectivity index (χ2n) is 6.61. The summed E-state index contributed by atoms with van der Waals surface area (Å²) in [6.07, 6.45) is 1.35. The van der Waals surface area contributed by atoms with Crippen molar-refractivity contribution < 1.29 is 9.68 Å². The van der Waals surface area contributed by atoms with Crippen molar-refractivity contribution in [2.75, 3.05) is 0 Å². The molecule has 4 nitrogen and oxygen atoms in total. The molecule has 0 heterocycles. The second-order valence-corrected chi connectivity index (χ2v) is 6.61. The van der Waals surface area contributed by atoms with Crippen molar-refractivity contribution in [3.8, 4) is 0 Å². The van der Waals surface area contributed by atoms with E-state index in [1.807, 2.05) is 91.0 Å². The normalized spacial score (nSPS) is 11.9. The van der Waals surface area contributed by atoms with Crippen LogP contribution in [0.2, 0.25) is 0 Å². The van der Waals surface area contributed by atoms with Gasteiger partial charge in [0, 0.05) is 6.42 Å². The van der Waals surface area contributed by atoms with E-state index in [4.69, 9.17) is 9.68 Å². The van der Waals surface area contributed by atoms with E-state index in [2.05, 4.69) is 17.2 Å². The standard InChI is InChI=1S/C25H26N2O2/c1-2-24(26-28-19-21-12-6-3-7-13-21)18-25(23-16-10-5-11-17-23)27-29-20-22-14-8-4-9-15-22/h3-17H,2,18-20H2,1H3. The molecule has 0 N–H and O–H groups in total. The number of rotatable bonds is 10. The van der Waals surface area contributed by atoms with Crippen molar-refractivity contribution in [2.45, 2.75) is 33.0 Å². The summed E-state index contributed by atoms with van der Waals surface area (Å²) < 4.78 is 0. The smallest absolute Gasteiger partial charge is 0.142 e. The van der Waals surface area contributed by atoms with Gasteiger partial charge in [-0.25, -0.2) is 0 Å². The van der Waals surface area contributed by atoms with Gasteiger partial charge in [-0.05, 0) is 23.1 Å². The van der Waals surface area contributed by atoms with Crippen LogP contribution in [0.1, 0.15) is 36.5 Å². The van der Waals surface area contributed by atoms with Crippen LogP contribution in [0.15, 0.2) is 101 Å². The van der Waals surface area contributed by atoms with Gasteiger partial charge in [-0.15, -0.1) is 0 Å². The molecule has 148 valence electrons. The summed E-state index contributed by atoms with van der Waals surface area (Å²) in [5.41, 5.74) is 4.95. The van der Waals surface area contributed by atoms with E-state index in [0.29, 0.717) is 19.6 Å². The second kappa shape index (κ2) is 11.4. The third kappa shape index (κ3) is 6.92. The topological polar surface area (TPSA) is 43.2 Å². The molecule has 29 heavy (non-hydrogen) atoms. The molecule has 0 radical (unpaired) electrons. The van der Waals surface area contributed by atoms with E-state index in [1.165, 1.54) is 0 Å². The van der Waals surface area contributed by atoms with Crippen LogP contribution < -0.4 is 0 Å². The monoisotopic (exact) mass is 386 g/mol. The van der Waals surface area contributed by atoms with E-state index >= 15 is 0 Å². The van der Waals surface area contributed by atoms with E-state index < -0.39 is 0 Å². The van der Waals surface area contributed by atoms with Gasteiger partial charge in [0.2, 0.25) is 0 Å². The van der Waals surface area contributed by atoms with Crippen LogP contribution in [0, 0.1) is 0 Å². The van der Waals surface area contributed by atoms with Crippen LogP contribution in [0.5, 0.6) is 0 Å². The molecule has 0 amide bonds. The molecule has 3 aromatic carbocycles. The zero-order valence-corrected chi connectivity index (χ0v) is 16.7. The molecule has 0 aliphatic heterocycles. The van der Waals surface area contributed by atoms with Crippen molar-refractivity contribution >= 4 is 11.4 Å². The fraction of sp³-hybridized carbons (Fsp3) is 0.200. The molecule has 0 aromatic heterocycles. The lowest BCUT2D eigenvalue weighted by atomic mass is 10.0. The van der Waals surface area contributed by atoms with Gasteiger partial charge >= 0.3 is 0 Å². The van der Waals surface area contributed by atoms with Gasteiger partial charge < -0.3 is 9.68 Å². The van der Waals surface area contributed by atoms with Crippen LogP contribution in [-0.4, -0.2) is 11.4 Å². The highest BCUT2D eigenvalue weighted by molar-refractivity contribution is 6.12. The molecule has 3 rings (SSSR count). The van der Waals surface area contributed by atoms with Crippen molar-refractivity contribution in [1.29, 1.82) is 0 Å². The highest BCUT2D eigenvalue weighted by atomic mass is 16.6. The molecule has 0 spiro atoms. The minimum Gasteiger partial charge on any atom is -0.391 e. The third-order valence-electron chi connectivity index (χ3n) is 4.40. The maximum Gasteiger partial charge on any atom is 0.142 e. The number of hydrogen-bond donors (Lipinski definition) is 0. The molecular weight excluding hydrogens is 360 g/mol. The molecule has 0 saturated heterocycles. The highest BCUT2D eigenvalue weighted by Crippen LogP contribution is 2.10. The molecule has 0 bridgehead atoms. The van der Waals surface area contributed by atoms with Gasteiger partial charge in [-0.3, -0.25) is 0 Å². The van der Waals surface area contributed by atoms with Crippen molar-refractivity contribution in [2.24, 2.45) is 10.3 Å². The van der Waals surface area contributed by atoms with Gasteiger partial charge in [-0.1, -0.05) is 108 Å². The Bertz CT molecular complexity index is 907. The van der Waals surface area contributed by atoms with E-state index in [9.17, 15) is 0 Å². The Hall–Kier alpha value is -3.40. The van der Waals surface area contributed by atoms with Gasteiger partial charge in [-0.2, -0.15) is 0 Å². The summed E-state index contributed by atoms with van der Waals surface area (Å²) in [4.78, 5) is 11.2. The Morgan fingerprint density at radius 3 is 1.66 bits per heavy atom. The zero-order chi connectivity index (χ0) is 20.2. The number of hydrogen-bond acceptors (Lipinski definition) is 4. The fourth-order valence-corrected chi connectivity index (χ4v) is 2.76. The Morgan fingerprint density at radius 2 is 1.14 bits per heavy atom. The Labute approximate surface area is 172 Å². The number of nitrogens with zero attached hydrogens (tertiary/aromatic N) is 2. The zero-order valence-electron chi connectivity index (χ0n) is 16.7. The minimum absolute atomic E-state index is 0.431. The molecule has 0 atom stereocenters. The van der Waals surface area contributed by atoms with Crippen LogP contribution >= 0.6 is 0 Å². The SMILES string of the molecule is CCC(CC(=NOCc1ccccc1)c1ccccc1)=NOCc1ccccc1. The summed E-state index contributed by atoms with van der Waals surface area (Å²) in [6.45, 7) is 2.95. The van der Waals surface area contributed by atoms with Crippen LogP contribution in [-0.2, 0) is 22.9 Å². The minimum atomic E-state index is 0.431. The largest absolute Gasteiger partial charge is 0.391 e. The molecule has 0 aliphatic carbocycles. The summed E-state index contributed by atoms with van der Waals surface area (Å²) in [5.74, 6) is 0. The first-order chi connectivity index (χ1) is 14.3. The Morgan fingerprint density at radius 1 is 0.655 bits per heavy atom. The molecule has 3 aromatic rings. The van der Waals surface area contributed by atoms with Crippen molar-refractivity contribution in [1.82, 2.24) is 0 Å². The highest BCUT2D eigenvalue weighted by Gasteiger charge is 2.09. The average Bonchev–Trinajstić information content (AvgIpc) is 2.79. The van der Waals surface area contributed by atoms with Gasteiger partial charge in [0.25, 0.3) is 0 Å². The lowest BCUT2D eigenvalue weighted by Gasteiger charge is -2.09.